The van der Waals surface area contributed by atoms with Crippen molar-refractivity contribution in [1.82, 2.24) is 5.32 Å². The minimum absolute atomic E-state index is 0.00662. The van der Waals surface area contributed by atoms with Crippen molar-refractivity contribution in [2.24, 2.45) is 0 Å². The van der Waals surface area contributed by atoms with Crippen LogP contribution in [0.1, 0.15) is 5.56 Å². The number of hydrogen-bond acceptors (Lipinski definition) is 4. The van der Waals surface area contributed by atoms with Crippen LogP contribution >= 0.6 is 0 Å². The fraction of sp³-hybridized carbons (Fsp3) is 0.333. The number of nitrogens with one attached hydrogen (secondary N) is 1. The van der Waals surface area contributed by atoms with E-state index in [0.29, 0.717) is 30.0 Å². The van der Waals surface area contributed by atoms with Gasteiger partial charge in [0.2, 0.25) is 0 Å². The summed E-state index contributed by atoms with van der Waals surface area (Å²) in [5, 5.41) is 3.10. The maximum atomic E-state index is 14.1. The summed E-state index contributed by atoms with van der Waals surface area (Å²) >= 11 is 0. The number of para-hydroxylation sites is 1. The molecule has 5 heteroatoms. The number of benzene rings is 2. The fourth-order valence-corrected chi connectivity index (χ4v) is 3.04. The van der Waals surface area contributed by atoms with Gasteiger partial charge in [-0.25, -0.2) is 4.39 Å². The molecular formula is C18H20FNO3. The third-order valence-electron chi connectivity index (χ3n) is 3.99. The first-order chi connectivity index (χ1) is 11.2. The highest BCUT2D eigenvalue weighted by Crippen LogP contribution is 2.45. The number of likely N-dealkylation sites (N-methyl/N-ethyl adjacent to an activating group) is 1. The van der Waals surface area contributed by atoms with Crippen LogP contribution in [0.15, 0.2) is 30.3 Å². The average molecular weight is 317 g/mol. The molecule has 0 aliphatic carbocycles. The molecule has 0 radical (unpaired) electrons. The predicted octanol–water partition coefficient (Wildman–Crippen LogP) is 3.03. The summed E-state index contributed by atoms with van der Waals surface area (Å²) in [5.41, 5.74) is 2.33. The van der Waals surface area contributed by atoms with Crippen molar-refractivity contribution in [2.75, 3.05) is 27.8 Å². The van der Waals surface area contributed by atoms with Gasteiger partial charge in [-0.3, -0.25) is 0 Å². The van der Waals surface area contributed by atoms with E-state index in [0.717, 1.165) is 16.9 Å². The van der Waals surface area contributed by atoms with Gasteiger partial charge in [-0.2, -0.15) is 0 Å². The van der Waals surface area contributed by atoms with Crippen LogP contribution in [0.5, 0.6) is 17.2 Å². The Kier molecular flexibility index (Phi) is 4.39. The van der Waals surface area contributed by atoms with Gasteiger partial charge >= 0.3 is 0 Å². The van der Waals surface area contributed by atoms with E-state index in [1.54, 1.807) is 20.3 Å². The lowest BCUT2D eigenvalue weighted by atomic mass is 9.99. The minimum Gasteiger partial charge on any atom is -0.493 e. The van der Waals surface area contributed by atoms with Crippen LogP contribution in [0.3, 0.4) is 0 Å². The van der Waals surface area contributed by atoms with E-state index in [4.69, 9.17) is 14.2 Å². The lowest BCUT2D eigenvalue weighted by Gasteiger charge is -2.16. The monoisotopic (exact) mass is 317 g/mol. The Morgan fingerprint density at radius 2 is 2.04 bits per heavy atom. The van der Waals surface area contributed by atoms with E-state index in [2.05, 4.69) is 5.32 Å². The van der Waals surface area contributed by atoms with Crippen LogP contribution in [-0.4, -0.2) is 33.9 Å². The van der Waals surface area contributed by atoms with Crippen LogP contribution < -0.4 is 19.5 Å². The summed E-state index contributed by atoms with van der Waals surface area (Å²) in [6.07, 6.45) is 0.694. The molecule has 23 heavy (non-hydrogen) atoms. The molecule has 0 saturated heterocycles. The van der Waals surface area contributed by atoms with Gasteiger partial charge in [-0.15, -0.1) is 0 Å². The lowest BCUT2D eigenvalue weighted by molar-refractivity contribution is 0.232. The molecule has 1 heterocycles. The molecule has 0 fully saturated rings. The number of fused-ring (bicyclic) bond motifs is 1. The molecule has 3 rings (SSSR count). The topological polar surface area (TPSA) is 39.7 Å². The standard InChI is InChI=1S/C18H20FNO3/c1-20-10-13-8-11-7-12(19)9-15(17(11)23-13)14-5-4-6-16(21-2)18(14)22-3/h4-7,9,13,20H,8,10H2,1-3H3/t13-/m0/s1. The summed E-state index contributed by atoms with van der Waals surface area (Å²) in [7, 11) is 5.03. The van der Waals surface area contributed by atoms with Gasteiger partial charge in [0.05, 0.1) is 14.2 Å². The summed E-state index contributed by atoms with van der Waals surface area (Å²) in [4.78, 5) is 0. The molecule has 1 atom stereocenters. The molecule has 1 N–H and O–H groups in total. The summed E-state index contributed by atoms with van der Waals surface area (Å²) in [5.74, 6) is 1.62. The molecule has 0 saturated carbocycles. The maximum absolute atomic E-state index is 14.1. The molecule has 1 aliphatic heterocycles. The van der Waals surface area contributed by atoms with E-state index in [1.807, 2.05) is 25.2 Å². The van der Waals surface area contributed by atoms with Gasteiger partial charge in [0.1, 0.15) is 17.7 Å². The Bertz CT molecular complexity index is 718. The molecule has 1 aliphatic rings. The van der Waals surface area contributed by atoms with Gasteiger partial charge in [0.15, 0.2) is 11.5 Å². The van der Waals surface area contributed by atoms with Crippen molar-refractivity contribution in [3.8, 4) is 28.4 Å². The van der Waals surface area contributed by atoms with Crippen molar-refractivity contribution in [2.45, 2.75) is 12.5 Å². The minimum atomic E-state index is -0.280. The number of ether oxygens (including phenoxy) is 3. The van der Waals surface area contributed by atoms with Gasteiger partial charge in [0, 0.05) is 29.7 Å². The van der Waals surface area contributed by atoms with E-state index < -0.39 is 0 Å². The number of hydrogen-bond donors (Lipinski definition) is 1. The molecule has 2 aromatic carbocycles. The highest BCUT2D eigenvalue weighted by molar-refractivity contribution is 5.80. The third-order valence-corrected chi connectivity index (χ3v) is 3.99. The molecular weight excluding hydrogens is 297 g/mol. The highest BCUT2D eigenvalue weighted by Gasteiger charge is 2.28. The van der Waals surface area contributed by atoms with Gasteiger partial charge in [-0.1, -0.05) is 12.1 Å². The van der Waals surface area contributed by atoms with E-state index in [1.165, 1.54) is 6.07 Å². The maximum Gasteiger partial charge on any atom is 0.168 e. The first kappa shape index (κ1) is 15.6. The number of methoxy groups -OCH3 is 2. The van der Waals surface area contributed by atoms with Crippen molar-refractivity contribution < 1.29 is 18.6 Å². The lowest BCUT2D eigenvalue weighted by Crippen LogP contribution is -2.27. The normalized spacial score (nSPS) is 15.9. The van der Waals surface area contributed by atoms with Crippen LogP contribution in [0.4, 0.5) is 4.39 Å². The largest absolute Gasteiger partial charge is 0.493 e. The van der Waals surface area contributed by atoms with Crippen LogP contribution in [0.25, 0.3) is 11.1 Å². The van der Waals surface area contributed by atoms with Crippen LogP contribution in [0, 0.1) is 5.82 Å². The number of rotatable bonds is 5. The van der Waals surface area contributed by atoms with Crippen LogP contribution in [-0.2, 0) is 6.42 Å². The molecule has 0 spiro atoms. The zero-order chi connectivity index (χ0) is 16.4. The average Bonchev–Trinajstić information content (AvgIpc) is 2.95. The molecule has 2 aromatic rings. The quantitative estimate of drug-likeness (QED) is 0.920. The number of halogens is 1. The van der Waals surface area contributed by atoms with Crippen molar-refractivity contribution in [3.63, 3.8) is 0 Å². The second-order valence-corrected chi connectivity index (χ2v) is 5.48. The van der Waals surface area contributed by atoms with Crippen molar-refractivity contribution in [1.29, 1.82) is 0 Å². The zero-order valence-electron chi connectivity index (χ0n) is 13.5. The third kappa shape index (κ3) is 2.84. The van der Waals surface area contributed by atoms with E-state index >= 15 is 0 Å². The Morgan fingerprint density at radius 3 is 2.74 bits per heavy atom. The van der Waals surface area contributed by atoms with E-state index in [9.17, 15) is 4.39 Å². The Hall–Kier alpha value is -2.27. The van der Waals surface area contributed by atoms with Crippen LogP contribution in [0.2, 0.25) is 0 Å². The SMILES string of the molecule is CNC[C@@H]1Cc2cc(F)cc(-c3cccc(OC)c3OC)c2O1. The second kappa shape index (κ2) is 6.46. The highest BCUT2D eigenvalue weighted by atomic mass is 19.1. The molecule has 0 aromatic heterocycles. The predicted molar refractivity (Wildman–Crippen MR) is 87.0 cm³/mol. The molecule has 0 unspecified atom stereocenters. The molecule has 122 valence electrons. The zero-order valence-corrected chi connectivity index (χ0v) is 13.5. The second-order valence-electron chi connectivity index (χ2n) is 5.48. The van der Waals surface area contributed by atoms with Crippen molar-refractivity contribution in [3.05, 3.63) is 41.7 Å². The Morgan fingerprint density at radius 1 is 1.22 bits per heavy atom. The first-order valence-corrected chi connectivity index (χ1v) is 7.53. The first-order valence-electron chi connectivity index (χ1n) is 7.53. The summed E-state index contributed by atoms with van der Waals surface area (Å²) < 4.78 is 30.9. The molecule has 0 amide bonds. The smallest absolute Gasteiger partial charge is 0.168 e. The van der Waals surface area contributed by atoms with Crippen molar-refractivity contribution >= 4 is 0 Å². The van der Waals surface area contributed by atoms with Gasteiger partial charge < -0.3 is 19.5 Å². The Balaban J connectivity index is 2.13. The molecule has 0 bridgehead atoms. The summed E-state index contributed by atoms with van der Waals surface area (Å²) in [6.45, 7) is 0.713. The van der Waals surface area contributed by atoms with Gasteiger partial charge in [-0.05, 0) is 25.2 Å². The van der Waals surface area contributed by atoms with Gasteiger partial charge in [0.25, 0.3) is 0 Å². The van der Waals surface area contributed by atoms with E-state index in [-0.39, 0.29) is 11.9 Å². The Labute approximate surface area is 135 Å². The molecule has 4 nitrogen and oxygen atoms in total. The summed E-state index contributed by atoms with van der Waals surface area (Å²) in [6, 6.07) is 8.57. The fourth-order valence-electron chi connectivity index (χ4n) is 3.04.